The van der Waals surface area contributed by atoms with Gasteiger partial charge in [0.2, 0.25) is 0 Å². The lowest BCUT2D eigenvalue weighted by atomic mass is 10.0. The van der Waals surface area contributed by atoms with Gasteiger partial charge in [0.05, 0.1) is 3.79 Å². The van der Waals surface area contributed by atoms with Crippen LogP contribution in [0.3, 0.4) is 0 Å². The Labute approximate surface area is 112 Å². The van der Waals surface area contributed by atoms with Gasteiger partial charge in [-0.1, -0.05) is 33.1 Å². The first kappa shape index (κ1) is 14.2. The molecule has 1 rings (SSSR count). The summed E-state index contributed by atoms with van der Waals surface area (Å²) in [7, 11) is 0. The molecule has 0 bridgehead atoms. The van der Waals surface area contributed by atoms with Crippen LogP contribution in [0.1, 0.15) is 56.0 Å². The number of rotatable bonds is 7. The van der Waals surface area contributed by atoms with E-state index in [1.54, 1.807) is 0 Å². The monoisotopic (exact) mass is 303 g/mol. The average Bonchev–Trinajstić information content (AvgIpc) is 2.57. The molecule has 0 aliphatic rings. The van der Waals surface area contributed by atoms with Crippen molar-refractivity contribution in [2.45, 2.75) is 52.5 Å². The fourth-order valence-electron chi connectivity index (χ4n) is 2.02. The van der Waals surface area contributed by atoms with Crippen molar-refractivity contribution >= 4 is 27.3 Å². The van der Waals surface area contributed by atoms with E-state index in [0.29, 0.717) is 6.04 Å². The van der Waals surface area contributed by atoms with Crippen LogP contribution >= 0.6 is 27.3 Å². The molecule has 1 nitrogen and oxygen atoms in total. The van der Waals surface area contributed by atoms with Crippen LogP contribution < -0.4 is 5.32 Å². The van der Waals surface area contributed by atoms with Crippen molar-refractivity contribution in [1.29, 1.82) is 0 Å². The number of thiophene rings is 1. The van der Waals surface area contributed by atoms with Crippen molar-refractivity contribution in [3.8, 4) is 0 Å². The van der Waals surface area contributed by atoms with E-state index in [0.717, 1.165) is 6.54 Å². The molecule has 0 spiro atoms. The van der Waals surface area contributed by atoms with Crippen LogP contribution in [0.5, 0.6) is 0 Å². The standard InChI is InChI=1S/C13H22BrNS/c1-4-6-7-8-12(15-5-2)11-9-13(14)16-10(11)3/h9,12,15H,4-8H2,1-3H3. The van der Waals surface area contributed by atoms with Gasteiger partial charge in [-0.25, -0.2) is 0 Å². The van der Waals surface area contributed by atoms with E-state index in [2.05, 4.69) is 48.1 Å². The van der Waals surface area contributed by atoms with Gasteiger partial charge in [-0.2, -0.15) is 0 Å². The largest absolute Gasteiger partial charge is 0.310 e. The number of unbranched alkanes of at least 4 members (excludes halogenated alkanes) is 2. The minimum Gasteiger partial charge on any atom is -0.310 e. The van der Waals surface area contributed by atoms with E-state index >= 15 is 0 Å². The zero-order chi connectivity index (χ0) is 12.0. The van der Waals surface area contributed by atoms with Crippen LogP contribution in [0.4, 0.5) is 0 Å². The predicted octanol–water partition coefficient (Wildman–Crippen LogP) is 5.05. The van der Waals surface area contributed by atoms with Crippen molar-refractivity contribution < 1.29 is 0 Å². The minimum atomic E-state index is 0.541. The maximum Gasteiger partial charge on any atom is 0.0704 e. The van der Waals surface area contributed by atoms with Gasteiger partial charge in [0, 0.05) is 10.9 Å². The Kier molecular flexibility index (Phi) is 6.62. The summed E-state index contributed by atoms with van der Waals surface area (Å²) in [4.78, 5) is 1.44. The Balaban J connectivity index is 2.64. The van der Waals surface area contributed by atoms with E-state index < -0.39 is 0 Å². The van der Waals surface area contributed by atoms with Crippen molar-refractivity contribution in [3.05, 3.63) is 20.3 Å². The van der Waals surface area contributed by atoms with Gasteiger partial charge < -0.3 is 5.32 Å². The molecular formula is C13H22BrNS. The summed E-state index contributed by atoms with van der Waals surface area (Å²) in [6.07, 6.45) is 5.21. The van der Waals surface area contributed by atoms with Gasteiger partial charge in [-0.3, -0.25) is 0 Å². The molecule has 0 saturated carbocycles. The highest BCUT2D eigenvalue weighted by Crippen LogP contribution is 2.32. The highest BCUT2D eigenvalue weighted by atomic mass is 79.9. The van der Waals surface area contributed by atoms with E-state index in [9.17, 15) is 0 Å². The predicted molar refractivity (Wildman–Crippen MR) is 77.3 cm³/mol. The van der Waals surface area contributed by atoms with Crippen LogP contribution in [0.15, 0.2) is 9.85 Å². The summed E-state index contributed by atoms with van der Waals surface area (Å²) < 4.78 is 1.25. The first-order valence-corrected chi connectivity index (χ1v) is 7.79. The number of aryl methyl sites for hydroxylation is 1. The lowest BCUT2D eigenvalue weighted by molar-refractivity contribution is 0.486. The molecule has 0 radical (unpaired) electrons. The van der Waals surface area contributed by atoms with Crippen LogP contribution in [0.25, 0.3) is 0 Å². The van der Waals surface area contributed by atoms with Gasteiger partial charge in [-0.05, 0) is 47.4 Å². The van der Waals surface area contributed by atoms with Gasteiger partial charge in [0.1, 0.15) is 0 Å². The van der Waals surface area contributed by atoms with Gasteiger partial charge in [0.25, 0.3) is 0 Å². The van der Waals surface area contributed by atoms with Crippen LogP contribution in [-0.4, -0.2) is 6.54 Å². The van der Waals surface area contributed by atoms with Crippen molar-refractivity contribution in [2.24, 2.45) is 0 Å². The molecule has 1 aromatic rings. The topological polar surface area (TPSA) is 12.0 Å². The third kappa shape index (κ3) is 4.19. The van der Waals surface area contributed by atoms with Crippen molar-refractivity contribution in [2.75, 3.05) is 6.54 Å². The van der Waals surface area contributed by atoms with Gasteiger partial charge in [0.15, 0.2) is 0 Å². The number of hydrogen-bond donors (Lipinski definition) is 1. The molecule has 0 amide bonds. The highest BCUT2D eigenvalue weighted by Gasteiger charge is 2.14. The molecule has 0 aliphatic carbocycles. The molecule has 1 heterocycles. The average molecular weight is 304 g/mol. The highest BCUT2D eigenvalue weighted by molar-refractivity contribution is 9.11. The zero-order valence-electron chi connectivity index (χ0n) is 10.5. The molecular weight excluding hydrogens is 282 g/mol. The van der Waals surface area contributed by atoms with E-state index in [1.165, 1.54) is 39.9 Å². The smallest absolute Gasteiger partial charge is 0.0704 e. The number of hydrogen-bond acceptors (Lipinski definition) is 2. The zero-order valence-corrected chi connectivity index (χ0v) is 12.9. The van der Waals surface area contributed by atoms with E-state index in [4.69, 9.17) is 0 Å². The van der Waals surface area contributed by atoms with Crippen molar-refractivity contribution in [3.63, 3.8) is 0 Å². The molecule has 0 saturated heterocycles. The molecule has 1 atom stereocenters. The molecule has 1 aromatic heterocycles. The molecule has 16 heavy (non-hydrogen) atoms. The number of halogens is 1. The molecule has 3 heteroatoms. The lowest BCUT2D eigenvalue weighted by Crippen LogP contribution is -2.20. The third-order valence-electron chi connectivity index (χ3n) is 2.85. The second-order valence-corrected chi connectivity index (χ2v) is 6.80. The summed E-state index contributed by atoms with van der Waals surface area (Å²) in [5.74, 6) is 0. The first-order chi connectivity index (χ1) is 7.69. The molecule has 1 N–H and O–H groups in total. The van der Waals surface area contributed by atoms with E-state index in [-0.39, 0.29) is 0 Å². The molecule has 0 aromatic carbocycles. The Hall–Kier alpha value is 0.140. The second-order valence-electron chi connectivity index (χ2n) is 4.17. The number of nitrogens with one attached hydrogen (secondary N) is 1. The first-order valence-electron chi connectivity index (χ1n) is 6.18. The molecule has 0 fully saturated rings. The SMILES string of the molecule is CCCCCC(NCC)c1cc(Br)sc1C. The van der Waals surface area contributed by atoms with Crippen molar-refractivity contribution in [1.82, 2.24) is 5.32 Å². The Bertz CT molecular complexity index is 309. The van der Waals surface area contributed by atoms with E-state index in [1.807, 2.05) is 11.3 Å². The normalized spacial score (nSPS) is 13.0. The summed E-state index contributed by atoms with van der Waals surface area (Å²) in [5, 5.41) is 3.60. The summed E-state index contributed by atoms with van der Waals surface area (Å²) in [6, 6.07) is 2.82. The quantitative estimate of drug-likeness (QED) is 0.695. The summed E-state index contributed by atoms with van der Waals surface area (Å²) in [5.41, 5.74) is 1.48. The third-order valence-corrected chi connectivity index (χ3v) is 4.42. The Morgan fingerprint density at radius 3 is 2.62 bits per heavy atom. The van der Waals surface area contributed by atoms with Crippen LogP contribution in [-0.2, 0) is 0 Å². The fourth-order valence-corrected chi connectivity index (χ4v) is 3.79. The van der Waals surface area contributed by atoms with Gasteiger partial charge in [-0.15, -0.1) is 11.3 Å². The Morgan fingerprint density at radius 2 is 2.12 bits per heavy atom. The fraction of sp³-hybridized carbons (Fsp3) is 0.692. The maximum absolute atomic E-state index is 3.60. The minimum absolute atomic E-state index is 0.541. The second kappa shape index (κ2) is 7.46. The lowest BCUT2D eigenvalue weighted by Gasteiger charge is -2.17. The Morgan fingerprint density at radius 1 is 1.38 bits per heavy atom. The summed E-state index contributed by atoms with van der Waals surface area (Å²) in [6.45, 7) is 7.71. The molecule has 0 aliphatic heterocycles. The summed E-state index contributed by atoms with van der Waals surface area (Å²) >= 11 is 5.41. The maximum atomic E-state index is 3.60. The molecule has 92 valence electrons. The van der Waals surface area contributed by atoms with Crippen LogP contribution in [0.2, 0.25) is 0 Å². The van der Waals surface area contributed by atoms with Crippen LogP contribution in [0, 0.1) is 6.92 Å². The molecule has 1 unspecified atom stereocenters. The van der Waals surface area contributed by atoms with Gasteiger partial charge >= 0.3 is 0 Å².